The Kier molecular flexibility index (Phi) is 3.19. The van der Waals surface area contributed by atoms with E-state index >= 15 is 0 Å². The van der Waals surface area contributed by atoms with E-state index in [0.717, 1.165) is 0 Å². The Morgan fingerprint density at radius 2 is 2.17 bits per heavy atom. The smallest absolute Gasteiger partial charge is 0.282 e. The van der Waals surface area contributed by atoms with Crippen molar-refractivity contribution in [3.05, 3.63) is 0 Å². The van der Waals surface area contributed by atoms with Crippen LogP contribution in [0.3, 0.4) is 0 Å². The van der Waals surface area contributed by atoms with Crippen LogP contribution in [0.15, 0.2) is 0 Å². The van der Waals surface area contributed by atoms with E-state index in [4.69, 9.17) is 9.81 Å². The number of rotatable bonds is 2. The molecule has 0 heterocycles. The summed E-state index contributed by atoms with van der Waals surface area (Å²) < 4.78 is 19.8. The number of hydrogen-bond donors (Lipinski definition) is 2. The van der Waals surface area contributed by atoms with Gasteiger partial charge in [-0.25, -0.2) is 5.26 Å². The molecule has 0 aliphatic carbocycles. The summed E-state index contributed by atoms with van der Waals surface area (Å²) in [7, 11) is 0. The quantitative estimate of drug-likeness (QED) is 0.288. The van der Waals surface area contributed by atoms with Crippen molar-refractivity contribution in [2.45, 2.75) is 0 Å². The zero-order valence-corrected chi connectivity index (χ0v) is 3.34. The number of hydrogen-bond acceptors (Lipinski definition) is 4. The highest BCUT2D eigenvalue weighted by molar-refractivity contribution is 7.74. The van der Waals surface area contributed by atoms with Crippen molar-refractivity contribution in [1.29, 1.82) is 0 Å². The summed E-state index contributed by atoms with van der Waals surface area (Å²) in [6.07, 6.45) is 0. The third-order valence-corrected chi connectivity index (χ3v) is 0.266. The zero-order chi connectivity index (χ0) is 4.99. The molecule has 0 aromatic rings. The molecule has 0 aliphatic rings. The van der Waals surface area contributed by atoms with Crippen molar-refractivity contribution < 1.29 is 23.4 Å². The SMILES string of the molecule is O=S(O)OOO. The Balaban J connectivity index is 2.83. The lowest BCUT2D eigenvalue weighted by Crippen LogP contribution is -1.91. The van der Waals surface area contributed by atoms with Crippen molar-refractivity contribution in [3.8, 4) is 0 Å². The summed E-state index contributed by atoms with van der Waals surface area (Å²) in [5.74, 6) is 0. The molecule has 6 heavy (non-hydrogen) atoms. The van der Waals surface area contributed by atoms with Gasteiger partial charge in [0.15, 0.2) is 0 Å². The highest BCUT2D eigenvalue weighted by Gasteiger charge is 1.86. The van der Waals surface area contributed by atoms with Gasteiger partial charge in [0.05, 0.1) is 0 Å². The Labute approximate surface area is 35.8 Å². The van der Waals surface area contributed by atoms with Gasteiger partial charge in [-0.1, -0.05) is 9.37 Å². The second-order valence-electron chi connectivity index (χ2n) is 0.360. The molecule has 6 heteroatoms. The minimum Gasteiger partial charge on any atom is -0.282 e. The first-order valence-corrected chi connectivity index (χ1v) is 1.90. The minimum absolute atomic E-state index is 2.54. The highest BCUT2D eigenvalue weighted by atomic mass is 32.2. The molecule has 0 bridgehead atoms. The second kappa shape index (κ2) is 3.19. The van der Waals surface area contributed by atoms with Gasteiger partial charge in [-0.15, -0.1) is 0 Å². The second-order valence-corrected chi connectivity index (χ2v) is 0.930. The molecule has 2 N–H and O–H groups in total. The Hall–Kier alpha value is -0.0100. The van der Waals surface area contributed by atoms with Gasteiger partial charge in [-0.05, 0) is 0 Å². The predicted octanol–water partition coefficient (Wildman–Crippen LogP) is -0.456. The summed E-state index contributed by atoms with van der Waals surface area (Å²) in [6.45, 7) is 0. The van der Waals surface area contributed by atoms with Gasteiger partial charge in [0.1, 0.15) is 0 Å². The standard InChI is InChI=1S/H2O5S/c1-4-5-6(2)3/h1H,(H,2,3). The minimum atomic E-state index is -2.54. The predicted molar refractivity (Wildman–Crippen MR) is 15.6 cm³/mol. The molecule has 0 spiro atoms. The van der Waals surface area contributed by atoms with Crippen LogP contribution >= 0.6 is 0 Å². The van der Waals surface area contributed by atoms with Gasteiger partial charge in [-0.2, -0.15) is 4.21 Å². The molecular weight excluding hydrogens is 112 g/mol. The van der Waals surface area contributed by atoms with Crippen molar-refractivity contribution in [1.82, 2.24) is 0 Å². The van der Waals surface area contributed by atoms with Gasteiger partial charge in [-0.3, -0.25) is 4.55 Å². The Morgan fingerprint density at radius 1 is 1.67 bits per heavy atom. The first-order chi connectivity index (χ1) is 2.77. The van der Waals surface area contributed by atoms with Crippen LogP contribution in [0.2, 0.25) is 0 Å². The molecule has 0 amide bonds. The van der Waals surface area contributed by atoms with Crippen molar-refractivity contribution >= 4 is 11.4 Å². The maximum absolute atomic E-state index is 9.20. The summed E-state index contributed by atoms with van der Waals surface area (Å²) >= 11 is -2.54. The van der Waals surface area contributed by atoms with E-state index in [1.165, 1.54) is 0 Å². The van der Waals surface area contributed by atoms with E-state index in [9.17, 15) is 4.21 Å². The van der Waals surface area contributed by atoms with E-state index in [0.29, 0.717) is 0 Å². The van der Waals surface area contributed by atoms with Crippen molar-refractivity contribution in [3.63, 3.8) is 0 Å². The van der Waals surface area contributed by atoms with Gasteiger partial charge in [0, 0.05) is 0 Å². The first-order valence-electron chi connectivity index (χ1n) is 0.865. The van der Waals surface area contributed by atoms with E-state index in [1.807, 2.05) is 0 Å². The molecule has 38 valence electrons. The van der Waals surface area contributed by atoms with Crippen LogP contribution in [0.4, 0.5) is 0 Å². The zero-order valence-electron chi connectivity index (χ0n) is 2.53. The van der Waals surface area contributed by atoms with E-state index < -0.39 is 11.4 Å². The van der Waals surface area contributed by atoms with Crippen molar-refractivity contribution in [2.24, 2.45) is 0 Å². The van der Waals surface area contributed by atoms with E-state index in [2.05, 4.69) is 9.37 Å². The van der Waals surface area contributed by atoms with Gasteiger partial charge >= 0.3 is 11.4 Å². The van der Waals surface area contributed by atoms with Crippen LogP contribution in [0.25, 0.3) is 0 Å². The van der Waals surface area contributed by atoms with Gasteiger partial charge in [0.25, 0.3) is 0 Å². The van der Waals surface area contributed by atoms with Crippen LogP contribution in [0, 0.1) is 0 Å². The molecule has 0 aromatic carbocycles. The molecule has 0 saturated heterocycles. The lowest BCUT2D eigenvalue weighted by Gasteiger charge is -1.81. The Morgan fingerprint density at radius 3 is 2.17 bits per heavy atom. The lowest BCUT2D eigenvalue weighted by molar-refractivity contribution is -0.437. The lowest BCUT2D eigenvalue weighted by atomic mass is 14.6. The summed E-state index contributed by atoms with van der Waals surface area (Å²) in [6, 6.07) is 0. The molecule has 0 radical (unpaired) electrons. The summed E-state index contributed by atoms with van der Waals surface area (Å²) in [5.41, 5.74) is 0. The van der Waals surface area contributed by atoms with Gasteiger partial charge < -0.3 is 0 Å². The molecule has 5 nitrogen and oxygen atoms in total. The average Bonchev–Trinajstić information content (AvgIpc) is 1.35. The molecular formula is H2O5S. The van der Waals surface area contributed by atoms with E-state index in [1.54, 1.807) is 0 Å². The Bertz CT molecular complexity index is 47.9. The van der Waals surface area contributed by atoms with E-state index in [-0.39, 0.29) is 0 Å². The summed E-state index contributed by atoms with van der Waals surface area (Å²) in [5, 5.41) is 9.91. The fourth-order valence-corrected chi connectivity index (χ4v) is 0.0781. The fourth-order valence-electron chi connectivity index (χ4n) is 0.0260. The van der Waals surface area contributed by atoms with Crippen LogP contribution in [0.5, 0.6) is 0 Å². The van der Waals surface area contributed by atoms with Gasteiger partial charge in [0.2, 0.25) is 0 Å². The summed E-state index contributed by atoms with van der Waals surface area (Å²) in [4.78, 5) is 0. The monoisotopic (exact) mass is 114 g/mol. The molecule has 0 rings (SSSR count). The average molecular weight is 114 g/mol. The van der Waals surface area contributed by atoms with Crippen LogP contribution < -0.4 is 0 Å². The maximum atomic E-state index is 9.20. The normalized spacial score (nSPS) is 14.3. The fraction of sp³-hybridized carbons (Fsp3) is 0. The molecule has 1 atom stereocenters. The van der Waals surface area contributed by atoms with Crippen LogP contribution in [-0.2, 0) is 20.7 Å². The maximum Gasteiger partial charge on any atom is 0.333 e. The third kappa shape index (κ3) is 3.99. The molecule has 1 unspecified atom stereocenters. The third-order valence-electron chi connectivity index (χ3n) is 0.0886. The molecule has 0 aromatic heterocycles. The van der Waals surface area contributed by atoms with Crippen molar-refractivity contribution in [2.75, 3.05) is 0 Å². The molecule has 0 saturated carbocycles. The first kappa shape index (κ1) is 5.99. The van der Waals surface area contributed by atoms with Crippen LogP contribution in [-0.4, -0.2) is 14.0 Å². The molecule has 0 fully saturated rings. The largest absolute Gasteiger partial charge is 0.333 e. The highest BCUT2D eigenvalue weighted by Crippen LogP contribution is 1.72. The molecule has 0 aliphatic heterocycles. The topological polar surface area (TPSA) is 76.0 Å². The van der Waals surface area contributed by atoms with Crippen LogP contribution in [0.1, 0.15) is 0 Å².